The highest BCUT2D eigenvalue weighted by Crippen LogP contribution is 2.16. The van der Waals surface area contributed by atoms with Crippen LogP contribution in [0, 0.1) is 17.1 Å². The molecule has 0 spiro atoms. The number of nitrogens with zero attached hydrogens (tertiary/aromatic N) is 2. The Morgan fingerprint density at radius 2 is 2.12 bits per heavy atom. The highest BCUT2D eigenvalue weighted by molar-refractivity contribution is 5.36. The second-order valence-electron chi connectivity index (χ2n) is 4.15. The van der Waals surface area contributed by atoms with Gasteiger partial charge < -0.3 is 4.74 Å². The number of rotatable bonds is 4. The van der Waals surface area contributed by atoms with Crippen molar-refractivity contribution < 1.29 is 9.13 Å². The zero-order valence-corrected chi connectivity index (χ0v) is 9.66. The number of ether oxygens (including phenoxy) is 1. The molecule has 0 unspecified atom stereocenters. The van der Waals surface area contributed by atoms with Crippen molar-refractivity contribution in [3.05, 3.63) is 29.6 Å². The van der Waals surface area contributed by atoms with Crippen LogP contribution < -0.4 is 4.74 Å². The van der Waals surface area contributed by atoms with Crippen molar-refractivity contribution in [1.82, 2.24) is 4.90 Å². The van der Waals surface area contributed by atoms with Crippen molar-refractivity contribution in [2.75, 3.05) is 26.2 Å². The summed E-state index contributed by atoms with van der Waals surface area (Å²) in [6.07, 6.45) is 2.51. The Morgan fingerprint density at radius 1 is 1.35 bits per heavy atom. The summed E-state index contributed by atoms with van der Waals surface area (Å²) in [5.41, 5.74) is 0.0527. The van der Waals surface area contributed by atoms with Crippen molar-refractivity contribution in [2.24, 2.45) is 0 Å². The van der Waals surface area contributed by atoms with E-state index in [9.17, 15) is 4.39 Å². The molecule has 1 aliphatic rings. The first-order chi connectivity index (χ1) is 8.29. The molecule has 3 nitrogen and oxygen atoms in total. The van der Waals surface area contributed by atoms with Crippen LogP contribution in [0.1, 0.15) is 18.4 Å². The number of hydrogen-bond donors (Lipinski definition) is 0. The molecule has 0 aromatic heterocycles. The van der Waals surface area contributed by atoms with Crippen LogP contribution in [0.3, 0.4) is 0 Å². The third kappa shape index (κ3) is 3.18. The van der Waals surface area contributed by atoms with E-state index in [2.05, 4.69) is 4.90 Å². The molecule has 1 aromatic carbocycles. The Balaban J connectivity index is 1.82. The maximum Gasteiger partial charge on any atom is 0.144 e. The largest absolute Gasteiger partial charge is 0.492 e. The summed E-state index contributed by atoms with van der Waals surface area (Å²) in [5, 5.41) is 8.59. The average molecular weight is 234 g/mol. The summed E-state index contributed by atoms with van der Waals surface area (Å²) in [5.74, 6) is -0.0353. The lowest BCUT2D eigenvalue weighted by molar-refractivity contribution is 0.237. The molecule has 0 aliphatic carbocycles. The lowest BCUT2D eigenvalue weighted by atomic mass is 10.2. The van der Waals surface area contributed by atoms with Gasteiger partial charge in [0.05, 0.1) is 5.56 Å². The van der Waals surface area contributed by atoms with Gasteiger partial charge in [-0.1, -0.05) is 0 Å². The quantitative estimate of drug-likeness (QED) is 0.801. The number of nitriles is 1. The maximum atomic E-state index is 13.3. The van der Waals surface area contributed by atoms with E-state index in [4.69, 9.17) is 10.00 Å². The van der Waals surface area contributed by atoms with Gasteiger partial charge in [0, 0.05) is 12.6 Å². The highest BCUT2D eigenvalue weighted by Gasteiger charge is 2.11. The summed E-state index contributed by atoms with van der Waals surface area (Å²) in [7, 11) is 0. The summed E-state index contributed by atoms with van der Waals surface area (Å²) in [4.78, 5) is 2.33. The first-order valence-electron chi connectivity index (χ1n) is 5.84. The Bertz CT molecular complexity index is 422. The molecule has 0 radical (unpaired) electrons. The van der Waals surface area contributed by atoms with E-state index >= 15 is 0 Å². The van der Waals surface area contributed by atoms with E-state index in [1.54, 1.807) is 12.1 Å². The van der Waals surface area contributed by atoms with Gasteiger partial charge in [-0.05, 0) is 38.1 Å². The fraction of sp³-hybridized carbons (Fsp3) is 0.462. The first-order valence-corrected chi connectivity index (χ1v) is 5.84. The molecule has 0 N–H and O–H groups in total. The zero-order valence-electron chi connectivity index (χ0n) is 9.66. The number of benzene rings is 1. The van der Waals surface area contributed by atoms with E-state index in [0.717, 1.165) is 19.6 Å². The molecule has 17 heavy (non-hydrogen) atoms. The Morgan fingerprint density at radius 3 is 2.76 bits per heavy atom. The standard InChI is InChI=1S/C13H15FN2O/c14-13-9-12(4-3-11(13)10-15)17-8-7-16-5-1-2-6-16/h3-4,9H,1-2,5-8H2. The second kappa shape index (κ2) is 5.65. The van der Waals surface area contributed by atoms with Gasteiger partial charge in [0.2, 0.25) is 0 Å². The van der Waals surface area contributed by atoms with Gasteiger partial charge in [-0.3, -0.25) is 4.90 Å². The summed E-state index contributed by atoms with van der Waals surface area (Å²) in [6.45, 7) is 3.70. The smallest absolute Gasteiger partial charge is 0.144 e. The maximum absolute atomic E-state index is 13.3. The van der Waals surface area contributed by atoms with Gasteiger partial charge in [-0.25, -0.2) is 4.39 Å². The normalized spacial score (nSPS) is 15.8. The van der Waals surface area contributed by atoms with E-state index in [1.165, 1.54) is 25.0 Å². The predicted octanol–water partition coefficient (Wildman–Crippen LogP) is 2.17. The van der Waals surface area contributed by atoms with E-state index in [1.807, 2.05) is 0 Å². The predicted molar refractivity (Wildman–Crippen MR) is 62.3 cm³/mol. The third-order valence-electron chi connectivity index (χ3n) is 2.94. The van der Waals surface area contributed by atoms with E-state index in [-0.39, 0.29) is 5.56 Å². The molecule has 1 heterocycles. The van der Waals surface area contributed by atoms with Gasteiger partial charge in [-0.2, -0.15) is 5.26 Å². The van der Waals surface area contributed by atoms with Crippen LogP contribution in [0.2, 0.25) is 0 Å². The Labute approximate surface area is 100 Å². The number of hydrogen-bond acceptors (Lipinski definition) is 3. The van der Waals surface area contributed by atoms with Crippen LogP contribution in [-0.4, -0.2) is 31.1 Å². The highest BCUT2D eigenvalue weighted by atomic mass is 19.1. The van der Waals surface area contributed by atoms with Crippen LogP contribution in [0.4, 0.5) is 4.39 Å². The second-order valence-corrected chi connectivity index (χ2v) is 4.15. The van der Waals surface area contributed by atoms with Crippen molar-refractivity contribution >= 4 is 0 Å². The fourth-order valence-electron chi connectivity index (χ4n) is 1.98. The van der Waals surface area contributed by atoms with Crippen molar-refractivity contribution in [1.29, 1.82) is 5.26 Å². The molecular weight excluding hydrogens is 219 g/mol. The van der Waals surface area contributed by atoms with Crippen LogP contribution in [-0.2, 0) is 0 Å². The van der Waals surface area contributed by atoms with Crippen molar-refractivity contribution in [2.45, 2.75) is 12.8 Å². The lowest BCUT2D eigenvalue weighted by Crippen LogP contribution is -2.25. The fourth-order valence-corrected chi connectivity index (χ4v) is 1.98. The monoisotopic (exact) mass is 234 g/mol. The molecule has 1 aliphatic heterocycles. The molecule has 4 heteroatoms. The molecule has 0 atom stereocenters. The van der Waals surface area contributed by atoms with Gasteiger partial charge in [0.15, 0.2) is 0 Å². The van der Waals surface area contributed by atoms with Crippen LogP contribution in [0.5, 0.6) is 5.75 Å². The Kier molecular flexibility index (Phi) is 3.94. The molecule has 0 saturated carbocycles. The number of likely N-dealkylation sites (tertiary alicyclic amines) is 1. The molecule has 0 bridgehead atoms. The van der Waals surface area contributed by atoms with Crippen LogP contribution in [0.15, 0.2) is 18.2 Å². The van der Waals surface area contributed by atoms with E-state index < -0.39 is 5.82 Å². The summed E-state index contributed by atoms with van der Waals surface area (Å²) >= 11 is 0. The van der Waals surface area contributed by atoms with Crippen molar-refractivity contribution in [3.8, 4) is 11.8 Å². The molecule has 0 amide bonds. The van der Waals surface area contributed by atoms with Crippen molar-refractivity contribution in [3.63, 3.8) is 0 Å². The van der Waals surface area contributed by atoms with Gasteiger partial charge in [-0.15, -0.1) is 0 Å². The number of halogens is 1. The van der Waals surface area contributed by atoms with Gasteiger partial charge in [0.25, 0.3) is 0 Å². The molecule has 1 aromatic rings. The zero-order chi connectivity index (χ0) is 12.1. The third-order valence-corrected chi connectivity index (χ3v) is 2.94. The molecule has 2 rings (SSSR count). The lowest BCUT2D eigenvalue weighted by Gasteiger charge is -2.14. The summed E-state index contributed by atoms with van der Waals surface area (Å²) in [6, 6.07) is 6.13. The summed E-state index contributed by atoms with van der Waals surface area (Å²) < 4.78 is 18.7. The van der Waals surface area contributed by atoms with E-state index in [0.29, 0.717) is 12.4 Å². The van der Waals surface area contributed by atoms with Crippen LogP contribution >= 0.6 is 0 Å². The van der Waals surface area contributed by atoms with Gasteiger partial charge in [0.1, 0.15) is 24.2 Å². The minimum atomic E-state index is -0.522. The molecular formula is C13H15FN2O. The minimum Gasteiger partial charge on any atom is -0.492 e. The van der Waals surface area contributed by atoms with Crippen LogP contribution in [0.25, 0.3) is 0 Å². The van der Waals surface area contributed by atoms with Gasteiger partial charge >= 0.3 is 0 Å². The minimum absolute atomic E-state index is 0.0527. The SMILES string of the molecule is N#Cc1ccc(OCCN2CCCC2)cc1F. The molecule has 1 saturated heterocycles. The topological polar surface area (TPSA) is 36.3 Å². The first kappa shape index (κ1) is 11.9. The molecule has 1 fully saturated rings. The Hall–Kier alpha value is -1.60. The average Bonchev–Trinajstić information content (AvgIpc) is 2.82. The molecule has 90 valence electrons.